The van der Waals surface area contributed by atoms with E-state index in [-0.39, 0.29) is 11.6 Å². The summed E-state index contributed by atoms with van der Waals surface area (Å²) >= 11 is 0. The third kappa shape index (κ3) is 3.87. The van der Waals surface area contributed by atoms with Crippen LogP contribution in [0.1, 0.15) is 57.6 Å². The van der Waals surface area contributed by atoms with Crippen molar-refractivity contribution in [2.24, 2.45) is 11.1 Å². The molecule has 21 heavy (non-hydrogen) atoms. The van der Waals surface area contributed by atoms with Crippen LogP contribution in [-0.4, -0.2) is 18.8 Å². The van der Waals surface area contributed by atoms with E-state index < -0.39 is 0 Å². The van der Waals surface area contributed by atoms with Gasteiger partial charge in [0, 0.05) is 13.2 Å². The van der Waals surface area contributed by atoms with Crippen LogP contribution in [0, 0.1) is 5.41 Å². The monoisotopic (exact) mass is 289 g/mol. The number of rotatable bonds is 5. The first-order valence-electron chi connectivity index (χ1n) is 8.29. The normalized spacial score (nSPS) is 22.0. The molecular formula is C19H31NO. The molecule has 1 unspecified atom stereocenters. The van der Waals surface area contributed by atoms with Crippen molar-refractivity contribution in [3.8, 4) is 0 Å². The lowest BCUT2D eigenvalue weighted by Crippen LogP contribution is -2.53. The minimum absolute atomic E-state index is 0.0751. The average molecular weight is 289 g/mol. The third-order valence-electron chi connectivity index (χ3n) is 5.42. The quantitative estimate of drug-likeness (QED) is 0.885. The van der Waals surface area contributed by atoms with E-state index in [0.717, 1.165) is 25.7 Å². The van der Waals surface area contributed by atoms with Gasteiger partial charge in [0.25, 0.3) is 0 Å². The molecule has 118 valence electrons. The summed E-state index contributed by atoms with van der Waals surface area (Å²) in [5.74, 6) is 0. The van der Waals surface area contributed by atoms with Crippen LogP contribution in [0.25, 0.3) is 0 Å². The fourth-order valence-electron chi connectivity index (χ4n) is 3.43. The molecule has 2 N–H and O–H groups in total. The Kier molecular flexibility index (Phi) is 5.11. The summed E-state index contributed by atoms with van der Waals surface area (Å²) in [6.45, 7) is 6.88. The fraction of sp³-hybridized carbons (Fsp3) is 0.684. The van der Waals surface area contributed by atoms with E-state index in [9.17, 15) is 0 Å². The summed E-state index contributed by atoms with van der Waals surface area (Å²) in [6, 6.07) is 8.94. The first-order chi connectivity index (χ1) is 9.91. The highest BCUT2D eigenvalue weighted by atomic mass is 16.5. The van der Waals surface area contributed by atoms with Crippen molar-refractivity contribution in [1.29, 1.82) is 0 Å². The summed E-state index contributed by atoms with van der Waals surface area (Å²) in [7, 11) is 1.83. The molecule has 2 rings (SSSR count). The zero-order valence-corrected chi connectivity index (χ0v) is 14.1. The smallest absolute Gasteiger partial charge is 0.0832 e. The van der Waals surface area contributed by atoms with Crippen LogP contribution in [-0.2, 0) is 17.6 Å². The zero-order valence-electron chi connectivity index (χ0n) is 14.1. The van der Waals surface area contributed by atoms with E-state index in [1.165, 1.54) is 24.0 Å². The van der Waals surface area contributed by atoms with Gasteiger partial charge in [0.1, 0.15) is 0 Å². The van der Waals surface area contributed by atoms with Crippen molar-refractivity contribution < 1.29 is 4.74 Å². The molecule has 0 saturated heterocycles. The Balaban J connectivity index is 2.04. The third-order valence-corrected chi connectivity index (χ3v) is 5.42. The van der Waals surface area contributed by atoms with E-state index >= 15 is 0 Å². The largest absolute Gasteiger partial charge is 0.377 e. The molecule has 2 heteroatoms. The Bertz CT molecular complexity index is 439. The Labute approximate surface area is 130 Å². The van der Waals surface area contributed by atoms with Gasteiger partial charge in [0.2, 0.25) is 0 Å². The second kappa shape index (κ2) is 6.50. The minimum Gasteiger partial charge on any atom is -0.377 e. The van der Waals surface area contributed by atoms with Gasteiger partial charge in [0.15, 0.2) is 0 Å². The van der Waals surface area contributed by atoms with Gasteiger partial charge in [-0.05, 0) is 55.1 Å². The molecule has 0 heterocycles. The fourth-order valence-corrected chi connectivity index (χ4v) is 3.43. The highest BCUT2D eigenvalue weighted by Gasteiger charge is 2.42. The van der Waals surface area contributed by atoms with Gasteiger partial charge < -0.3 is 10.5 Å². The number of hydrogen-bond donors (Lipinski definition) is 1. The summed E-state index contributed by atoms with van der Waals surface area (Å²) in [5, 5.41) is 0. The first-order valence-corrected chi connectivity index (χ1v) is 8.29. The molecule has 0 radical (unpaired) electrons. The van der Waals surface area contributed by atoms with E-state index in [1.54, 1.807) is 0 Å². The Morgan fingerprint density at radius 1 is 1.05 bits per heavy atom. The lowest BCUT2D eigenvalue weighted by Gasteiger charge is -2.46. The number of methoxy groups -OCH3 is 1. The van der Waals surface area contributed by atoms with Crippen molar-refractivity contribution in [3.05, 3.63) is 35.4 Å². The molecule has 0 bridgehead atoms. The number of benzene rings is 1. The molecule has 1 aromatic carbocycles. The predicted molar refractivity (Wildman–Crippen MR) is 89.5 cm³/mol. The number of hydrogen-bond acceptors (Lipinski definition) is 2. The first kappa shape index (κ1) is 16.5. The summed E-state index contributed by atoms with van der Waals surface area (Å²) in [4.78, 5) is 0. The molecule has 1 aliphatic carbocycles. The standard InChI is InChI=1S/C19H31NO/c1-5-15-6-8-16(9-7-15)14-17(20)19(21-4)12-10-18(2,3)11-13-19/h6-9,17H,5,10-14,20H2,1-4H3. The number of nitrogens with two attached hydrogens (primary N) is 1. The van der Waals surface area contributed by atoms with Crippen molar-refractivity contribution in [2.45, 2.75) is 70.9 Å². The van der Waals surface area contributed by atoms with E-state index in [0.29, 0.717) is 5.41 Å². The van der Waals surface area contributed by atoms with Crippen molar-refractivity contribution in [3.63, 3.8) is 0 Å². The van der Waals surface area contributed by atoms with Gasteiger partial charge in [-0.1, -0.05) is 45.0 Å². The SMILES string of the molecule is CCc1ccc(CC(N)C2(OC)CCC(C)(C)CC2)cc1. The number of aryl methyl sites for hydroxylation is 1. The second-order valence-corrected chi connectivity index (χ2v) is 7.41. The van der Waals surface area contributed by atoms with Gasteiger partial charge in [-0.15, -0.1) is 0 Å². The van der Waals surface area contributed by atoms with Gasteiger partial charge >= 0.3 is 0 Å². The van der Waals surface area contributed by atoms with Crippen LogP contribution in [0.2, 0.25) is 0 Å². The molecule has 1 saturated carbocycles. The van der Waals surface area contributed by atoms with Crippen LogP contribution in [0.4, 0.5) is 0 Å². The molecule has 1 atom stereocenters. The van der Waals surface area contributed by atoms with E-state index in [4.69, 9.17) is 10.5 Å². The maximum Gasteiger partial charge on any atom is 0.0832 e. The Hall–Kier alpha value is -0.860. The molecule has 2 nitrogen and oxygen atoms in total. The molecule has 1 aliphatic rings. The Morgan fingerprint density at radius 3 is 2.05 bits per heavy atom. The highest BCUT2D eigenvalue weighted by molar-refractivity contribution is 5.24. The van der Waals surface area contributed by atoms with E-state index in [1.807, 2.05) is 7.11 Å². The van der Waals surface area contributed by atoms with Crippen LogP contribution in [0.3, 0.4) is 0 Å². The van der Waals surface area contributed by atoms with Gasteiger partial charge in [-0.25, -0.2) is 0 Å². The highest BCUT2D eigenvalue weighted by Crippen LogP contribution is 2.43. The molecule has 1 fully saturated rings. The van der Waals surface area contributed by atoms with Gasteiger partial charge in [-0.2, -0.15) is 0 Å². The molecular weight excluding hydrogens is 258 g/mol. The van der Waals surface area contributed by atoms with Gasteiger partial charge in [-0.3, -0.25) is 0 Å². The second-order valence-electron chi connectivity index (χ2n) is 7.41. The molecule has 0 amide bonds. The van der Waals surface area contributed by atoms with Crippen LogP contribution in [0.15, 0.2) is 24.3 Å². The zero-order chi connectivity index (χ0) is 15.5. The topological polar surface area (TPSA) is 35.2 Å². The molecule has 0 aliphatic heterocycles. The van der Waals surface area contributed by atoms with Crippen molar-refractivity contribution in [1.82, 2.24) is 0 Å². The van der Waals surface area contributed by atoms with Crippen LogP contribution < -0.4 is 5.73 Å². The van der Waals surface area contributed by atoms with E-state index in [2.05, 4.69) is 45.0 Å². The lowest BCUT2D eigenvalue weighted by molar-refractivity contribution is -0.0781. The average Bonchev–Trinajstić information content (AvgIpc) is 2.48. The molecule has 0 aromatic heterocycles. The maximum atomic E-state index is 6.56. The number of ether oxygens (including phenoxy) is 1. The maximum absolute atomic E-state index is 6.56. The van der Waals surface area contributed by atoms with Crippen molar-refractivity contribution in [2.75, 3.05) is 7.11 Å². The lowest BCUT2D eigenvalue weighted by atomic mass is 9.68. The summed E-state index contributed by atoms with van der Waals surface area (Å²) < 4.78 is 5.93. The molecule has 0 spiro atoms. The minimum atomic E-state index is -0.140. The predicted octanol–water partition coefficient (Wildman–Crippen LogP) is 4.10. The summed E-state index contributed by atoms with van der Waals surface area (Å²) in [6.07, 6.45) is 6.53. The summed E-state index contributed by atoms with van der Waals surface area (Å²) in [5.41, 5.74) is 9.56. The van der Waals surface area contributed by atoms with Gasteiger partial charge in [0.05, 0.1) is 5.60 Å². The Morgan fingerprint density at radius 2 is 1.57 bits per heavy atom. The van der Waals surface area contributed by atoms with Crippen LogP contribution >= 0.6 is 0 Å². The van der Waals surface area contributed by atoms with Crippen molar-refractivity contribution >= 4 is 0 Å². The molecule has 1 aromatic rings. The van der Waals surface area contributed by atoms with Crippen LogP contribution in [0.5, 0.6) is 0 Å².